The van der Waals surface area contributed by atoms with Crippen molar-refractivity contribution in [2.45, 2.75) is 18.9 Å². The molecule has 3 aromatic rings. The summed E-state index contributed by atoms with van der Waals surface area (Å²) >= 11 is 6.12. The molecule has 2 aromatic heterocycles. The van der Waals surface area contributed by atoms with E-state index in [0.29, 0.717) is 22.5 Å². The van der Waals surface area contributed by atoms with Gasteiger partial charge in [-0.25, -0.2) is 0 Å². The molecule has 1 saturated heterocycles. The highest BCUT2D eigenvalue weighted by atomic mass is 35.5. The molecule has 0 bridgehead atoms. The lowest BCUT2D eigenvalue weighted by atomic mass is 10.0. The number of ether oxygens (including phenoxy) is 1. The minimum atomic E-state index is 0.00624. The summed E-state index contributed by atoms with van der Waals surface area (Å²) in [4.78, 5) is 22.0. The number of pyridine rings is 1. The van der Waals surface area contributed by atoms with Crippen LogP contribution < -0.4 is 10.1 Å². The van der Waals surface area contributed by atoms with Crippen LogP contribution in [-0.2, 0) is 0 Å². The first-order chi connectivity index (χ1) is 13.1. The molecule has 1 aromatic carbocycles. The smallest absolute Gasteiger partial charge is 0.270 e. The molecule has 27 heavy (non-hydrogen) atoms. The Balaban J connectivity index is 1.44. The normalized spacial score (nSPS) is 15.1. The molecule has 1 aliphatic heterocycles. The lowest BCUT2D eigenvalue weighted by Gasteiger charge is -2.32. The van der Waals surface area contributed by atoms with Crippen molar-refractivity contribution in [2.24, 2.45) is 0 Å². The van der Waals surface area contributed by atoms with Gasteiger partial charge in [-0.05, 0) is 43.2 Å². The molecular weight excluding hydrogens is 364 g/mol. The van der Waals surface area contributed by atoms with Crippen LogP contribution in [0.1, 0.15) is 23.3 Å². The first-order valence-electron chi connectivity index (χ1n) is 8.96. The van der Waals surface area contributed by atoms with Gasteiger partial charge in [0.05, 0.1) is 12.6 Å². The van der Waals surface area contributed by atoms with Crippen LogP contribution in [0, 0.1) is 0 Å². The van der Waals surface area contributed by atoms with Gasteiger partial charge in [0.25, 0.3) is 5.91 Å². The van der Waals surface area contributed by atoms with Crippen molar-refractivity contribution >= 4 is 34.1 Å². The number of piperidine rings is 1. The number of carbonyl (C=O) groups excluding carboxylic acids is 1. The summed E-state index contributed by atoms with van der Waals surface area (Å²) in [5, 5.41) is 4.94. The predicted octanol–water partition coefficient (Wildman–Crippen LogP) is 3.94. The highest BCUT2D eigenvalue weighted by Crippen LogP contribution is 2.31. The average molecular weight is 385 g/mol. The number of benzene rings is 1. The fourth-order valence-corrected chi connectivity index (χ4v) is 3.74. The molecular formula is C20H21ClN4O2. The molecule has 1 aliphatic rings. The fourth-order valence-electron chi connectivity index (χ4n) is 3.54. The van der Waals surface area contributed by atoms with Gasteiger partial charge in [0.15, 0.2) is 0 Å². The largest absolute Gasteiger partial charge is 0.496 e. The van der Waals surface area contributed by atoms with E-state index < -0.39 is 0 Å². The van der Waals surface area contributed by atoms with Crippen LogP contribution in [-0.4, -0.2) is 47.0 Å². The van der Waals surface area contributed by atoms with Crippen LogP contribution >= 0.6 is 11.6 Å². The number of rotatable bonds is 4. The number of methoxy groups -OCH3 is 1. The Kier molecular flexibility index (Phi) is 4.90. The zero-order chi connectivity index (χ0) is 18.8. The highest BCUT2D eigenvalue weighted by molar-refractivity contribution is 6.31. The van der Waals surface area contributed by atoms with Crippen LogP contribution in [0.4, 0.5) is 5.69 Å². The third-order valence-electron chi connectivity index (χ3n) is 4.95. The molecule has 0 spiro atoms. The second-order valence-electron chi connectivity index (χ2n) is 6.70. The van der Waals surface area contributed by atoms with E-state index in [2.05, 4.69) is 15.3 Å². The van der Waals surface area contributed by atoms with Gasteiger partial charge in [0.1, 0.15) is 11.4 Å². The number of aromatic nitrogens is 2. The molecule has 2 N–H and O–H groups in total. The number of aromatic amines is 1. The quantitative estimate of drug-likeness (QED) is 0.714. The Morgan fingerprint density at radius 1 is 1.26 bits per heavy atom. The summed E-state index contributed by atoms with van der Waals surface area (Å²) in [6, 6.07) is 9.68. The van der Waals surface area contributed by atoms with Crippen LogP contribution in [0.2, 0.25) is 5.02 Å². The molecule has 6 nitrogen and oxygen atoms in total. The van der Waals surface area contributed by atoms with Gasteiger partial charge in [0.2, 0.25) is 0 Å². The van der Waals surface area contributed by atoms with Crippen LogP contribution in [0.25, 0.3) is 10.9 Å². The number of halogens is 1. The van der Waals surface area contributed by atoms with E-state index in [9.17, 15) is 4.79 Å². The average Bonchev–Trinajstić information content (AvgIpc) is 3.12. The topological polar surface area (TPSA) is 70.2 Å². The number of carbonyl (C=O) groups is 1. The maximum Gasteiger partial charge on any atom is 0.270 e. The summed E-state index contributed by atoms with van der Waals surface area (Å²) in [7, 11) is 1.60. The van der Waals surface area contributed by atoms with Gasteiger partial charge in [0, 0.05) is 47.6 Å². The molecule has 0 saturated carbocycles. The Hall–Kier alpha value is -2.73. The van der Waals surface area contributed by atoms with Gasteiger partial charge in [-0.1, -0.05) is 11.6 Å². The number of H-pyrrole nitrogens is 1. The predicted molar refractivity (Wildman–Crippen MR) is 107 cm³/mol. The van der Waals surface area contributed by atoms with Crippen molar-refractivity contribution in [1.29, 1.82) is 0 Å². The third kappa shape index (κ3) is 3.71. The number of hydrogen-bond donors (Lipinski definition) is 2. The molecule has 7 heteroatoms. The summed E-state index contributed by atoms with van der Waals surface area (Å²) in [6.45, 7) is 1.43. The second-order valence-corrected chi connectivity index (χ2v) is 7.14. The number of nitrogens with one attached hydrogen (secondary N) is 2. The maximum atomic E-state index is 12.9. The number of anilines is 1. The number of fused-ring (bicyclic) bond motifs is 1. The van der Waals surface area contributed by atoms with Gasteiger partial charge >= 0.3 is 0 Å². The highest BCUT2D eigenvalue weighted by Gasteiger charge is 2.25. The van der Waals surface area contributed by atoms with Crippen molar-refractivity contribution in [3.8, 4) is 5.75 Å². The SMILES string of the molecule is COc1cc(Cl)cc2[nH]c(C(=O)N3CCC(Nc4ccncc4)CC3)cc12. The standard InChI is InChI=1S/C20H21ClN4O2/c1-27-19-11-13(21)10-17-16(19)12-18(24-17)20(26)25-8-4-15(5-9-25)23-14-2-6-22-7-3-14/h2-3,6-7,10-12,15,24H,4-5,8-9H2,1H3,(H,22,23). The number of nitrogens with zero attached hydrogens (tertiary/aromatic N) is 2. The van der Waals surface area contributed by atoms with Gasteiger partial charge in [-0.2, -0.15) is 0 Å². The molecule has 1 amide bonds. The molecule has 0 atom stereocenters. The summed E-state index contributed by atoms with van der Waals surface area (Å²) in [5.74, 6) is 0.666. The molecule has 0 aliphatic carbocycles. The molecule has 0 radical (unpaired) electrons. The first kappa shape index (κ1) is 17.7. The Bertz CT molecular complexity index is 949. The monoisotopic (exact) mass is 384 g/mol. The van der Waals surface area contributed by atoms with Crippen molar-refractivity contribution in [2.75, 3.05) is 25.5 Å². The van der Waals surface area contributed by atoms with Crippen molar-refractivity contribution < 1.29 is 9.53 Å². The summed E-state index contributed by atoms with van der Waals surface area (Å²) in [6.07, 6.45) is 5.36. The molecule has 0 unspecified atom stereocenters. The molecule has 3 heterocycles. The van der Waals surface area contributed by atoms with Gasteiger partial charge in [-0.15, -0.1) is 0 Å². The van der Waals surface area contributed by atoms with E-state index in [1.807, 2.05) is 23.1 Å². The minimum Gasteiger partial charge on any atom is -0.496 e. The third-order valence-corrected chi connectivity index (χ3v) is 5.17. The number of likely N-dealkylation sites (tertiary alicyclic amines) is 1. The number of hydrogen-bond acceptors (Lipinski definition) is 4. The van der Waals surface area contributed by atoms with Gasteiger partial charge < -0.3 is 19.9 Å². The van der Waals surface area contributed by atoms with Crippen LogP contribution in [0.15, 0.2) is 42.7 Å². The van der Waals surface area contributed by atoms with E-state index in [4.69, 9.17) is 16.3 Å². The summed E-state index contributed by atoms with van der Waals surface area (Å²) < 4.78 is 5.38. The molecule has 140 valence electrons. The fraction of sp³-hybridized carbons (Fsp3) is 0.300. The zero-order valence-corrected chi connectivity index (χ0v) is 15.8. The summed E-state index contributed by atoms with van der Waals surface area (Å²) in [5.41, 5.74) is 2.43. The number of amides is 1. The lowest BCUT2D eigenvalue weighted by Crippen LogP contribution is -2.42. The van der Waals surface area contributed by atoms with E-state index in [0.717, 1.165) is 42.5 Å². The van der Waals surface area contributed by atoms with Crippen molar-refractivity contribution in [1.82, 2.24) is 14.9 Å². The maximum absolute atomic E-state index is 12.9. The van der Waals surface area contributed by atoms with Gasteiger partial charge in [-0.3, -0.25) is 9.78 Å². The van der Waals surface area contributed by atoms with E-state index in [-0.39, 0.29) is 5.91 Å². The Morgan fingerprint density at radius 3 is 2.70 bits per heavy atom. The van der Waals surface area contributed by atoms with Crippen molar-refractivity contribution in [3.05, 3.63) is 53.4 Å². The molecule has 4 rings (SSSR count). The lowest BCUT2D eigenvalue weighted by molar-refractivity contribution is 0.0713. The van der Waals surface area contributed by atoms with Crippen LogP contribution in [0.3, 0.4) is 0 Å². The van der Waals surface area contributed by atoms with E-state index in [1.165, 1.54) is 0 Å². The minimum absolute atomic E-state index is 0.00624. The molecule has 1 fully saturated rings. The first-order valence-corrected chi connectivity index (χ1v) is 9.34. The van der Waals surface area contributed by atoms with Crippen LogP contribution in [0.5, 0.6) is 5.75 Å². The Morgan fingerprint density at radius 2 is 2.00 bits per heavy atom. The van der Waals surface area contributed by atoms with E-state index >= 15 is 0 Å². The van der Waals surface area contributed by atoms with E-state index in [1.54, 1.807) is 31.6 Å². The Labute approximate surface area is 162 Å². The zero-order valence-electron chi connectivity index (χ0n) is 15.0. The van der Waals surface area contributed by atoms with Crippen molar-refractivity contribution in [3.63, 3.8) is 0 Å². The second kappa shape index (κ2) is 7.48.